The maximum atomic E-state index is 13.7. The minimum Gasteiger partial charge on any atom is -0.364 e. The summed E-state index contributed by atoms with van der Waals surface area (Å²) >= 11 is 0. The maximum Gasteiger partial charge on any atom is 0.239 e. The molecule has 4 N–H and O–H groups in total. The van der Waals surface area contributed by atoms with Gasteiger partial charge in [-0.1, -0.05) is 26.7 Å². The van der Waals surface area contributed by atoms with Gasteiger partial charge in [0.05, 0.1) is 6.20 Å². The van der Waals surface area contributed by atoms with Gasteiger partial charge < -0.3 is 5.32 Å². The van der Waals surface area contributed by atoms with E-state index in [2.05, 4.69) is 34.6 Å². The first-order valence-electron chi connectivity index (χ1n) is 6.87. The van der Waals surface area contributed by atoms with Crippen LogP contribution in [0.1, 0.15) is 39.5 Å². The summed E-state index contributed by atoms with van der Waals surface area (Å²) in [4.78, 5) is 7.79. The Labute approximate surface area is 113 Å². The third-order valence-electron chi connectivity index (χ3n) is 3.87. The van der Waals surface area contributed by atoms with Gasteiger partial charge in [-0.05, 0) is 24.7 Å². The first-order valence-corrected chi connectivity index (χ1v) is 6.87. The lowest BCUT2D eigenvalue weighted by molar-refractivity contribution is 0.253. The molecule has 1 aliphatic carbocycles. The number of rotatable bonds is 4. The quantitative estimate of drug-likeness (QED) is 0.577. The molecule has 1 heterocycles. The molecule has 2 atom stereocenters. The molecule has 0 aromatic carbocycles. The number of hydrazine groups is 1. The van der Waals surface area contributed by atoms with Crippen molar-refractivity contribution in [3.8, 4) is 0 Å². The van der Waals surface area contributed by atoms with Gasteiger partial charge in [-0.25, -0.2) is 15.2 Å². The summed E-state index contributed by atoms with van der Waals surface area (Å²) in [7, 11) is 0. The van der Waals surface area contributed by atoms with Crippen LogP contribution in [0, 0.1) is 17.7 Å². The maximum absolute atomic E-state index is 13.7. The zero-order valence-electron chi connectivity index (χ0n) is 11.5. The van der Waals surface area contributed by atoms with Crippen LogP contribution in [0.5, 0.6) is 0 Å². The monoisotopic (exact) mass is 267 g/mol. The van der Waals surface area contributed by atoms with E-state index in [4.69, 9.17) is 5.84 Å². The van der Waals surface area contributed by atoms with E-state index in [1.165, 1.54) is 19.3 Å². The molecule has 1 aromatic heterocycles. The molecule has 0 radical (unpaired) electrons. The third-order valence-corrected chi connectivity index (χ3v) is 3.87. The summed E-state index contributed by atoms with van der Waals surface area (Å²) in [6, 6.07) is 0.267. The van der Waals surface area contributed by atoms with Crippen molar-refractivity contribution in [3.63, 3.8) is 0 Å². The van der Waals surface area contributed by atoms with Crippen LogP contribution in [-0.4, -0.2) is 16.0 Å². The first-order chi connectivity index (χ1) is 9.11. The van der Waals surface area contributed by atoms with E-state index < -0.39 is 5.82 Å². The summed E-state index contributed by atoms with van der Waals surface area (Å²) in [5.41, 5.74) is 2.34. The highest BCUT2D eigenvalue weighted by molar-refractivity contribution is 5.41. The molecule has 106 valence electrons. The molecule has 0 saturated heterocycles. The van der Waals surface area contributed by atoms with Crippen LogP contribution in [0.3, 0.4) is 0 Å². The van der Waals surface area contributed by atoms with E-state index >= 15 is 0 Å². The molecular weight excluding hydrogens is 245 g/mol. The molecule has 0 aliphatic heterocycles. The van der Waals surface area contributed by atoms with Crippen molar-refractivity contribution in [2.45, 2.75) is 45.6 Å². The molecule has 1 aliphatic rings. The van der Waals surface area contributed by atoms with Crippen molar-refractivity contribution in [1.29, 1.82) is 0 Å². The highest BCUT2D eigenvalue weighted by Crippen LogP contribution is 2.32. The zero-order valence-corrected chi connectivity index (χ0v) is 11.5. The minimum absolute atomic E-state index is 0.223. The van der Waals surface area contributed by atoms with Crippen LogP contribution >= 0.6 is 0 Å². The SMILES string of the molecule is CC(C)C1CCCCC1Nc1nc(NN)ncc1F. The minimum atomic E-state index is -0.438. The molecule has 0 amide bonds. The van der Waals surface area contributed by atoms with Crippen molar-refractivity contribution < 1.29 is 4.39 Å². The van der Waals surface area contributed by atoms with Crippen LogP contribution in [0.15, 0.2) is 6.20 Å². The molecular formula is C13H22FN5. The van der Waals surface area contributed by atoms with Gasteiger partial charge in [0.15, 0.2) is 11.6 Å². The summed E-state index contributed by atoms with van der Waals surface area (Å²) in [6.07, 6.45) is 5.80. The average molecular weight is 267 g/mol. The number of nitrogens with two attached hydrogens (primary N) is 1. The van der Waals surface area contributed by atoms with E-state index in [0.29, 0.717) is 11.8 Å². The fraction of sp³-hybridized carbons (Fsp3) is 0.692. The molecule has 2 unspecified atom stereocenters. The Bertz CT molecular complexity index is 423. The van der Waals surface area contributed by atoms with Gasteiger partial charge in [0, 0.05) is 6.04 Å². The molecule has 6 heteroatoms. The average Bonchev–Trinajstić information content (AvgIpc) is 2.41. The van der Waals surface area contributed by atoms with Crippen molar-refractivity contribution >= 4 is 11.8 Å². The van der Waals surface area contributed by atoms with Crippen LogP contribution in [0.4, 0.5) is 16.2 Å². The molecule has 1 fully saturated rings. The van der Waals surface area contributed by atoms with Crippen molar-refractivity contribution in [1.82, 2.24) is 9.97 Å². The second kappa shape index (κ2) is 6.14. The highest BCUT2D eigenvalue weighted by Gasteiger charge is 2.28. The van der Waals surface area contributed by atoms with Gasteiger partial charge in [-0.2, -0.15) is 4.98 Å². The van der Waals surface area contributed by atoms with Gasteiger partial charge in [-0.3, -0.25) is 5.43 Å². The van der Waals surface area contributed by atoms with Gasteiger partial charge in [0.1, 0.15) is 0 Å². The summed E-state index contributed by atoms with van der Waals surface area (Å²) in [5.74, 6) is 6.41. The van der Waals surface area contributed by atoms with Crippen molar-refractivity contribution in [2.75, 3.05) is 10.7 Å². The lowest BCUT2D eigenvalue weighted by Crippen LogP contribution is -2.36. The number of nitrogen functional groups attached to an aromatic ring is 1. The Balaban J connectivity index is 2.14. The number of nitrogens with one attached hydrogen (secondary N) is 2. The molecule has 1 aromatic rings. The molecule has 2 rings (SSSR count). The number of hydrogen-bond acceptors (Lipinski definition) is 5. The molecule has 5 nitrogen and oxygen atoms in total. The van der Waals surface area contributed by atoms with Crippen LogP contribution < -0.4 is 16.6 Å². The second-order valence-corrected chi connectivity index (χ2v) is 5.48. The van der Waals surface area contributed by atoms with Crippen molar-refractivity contribution in [3.05, 3.63) is 12.0 Å². The number of halogens is 1. The van der Waals surface area contributed by atoms with Gasteiger partial charge in [0.25, 0.3) is 0 Å². The van der Waals surface area contributed by atoms with E-state index in [9.17, 15) is 4.39 Å². The Morgan fingerprint density at radius 2 is 2.11 bits per heavy atom. The fourth-order valence-corrected chi connectivity index (χ4v) is 2.85. The normalized spacial score (nSPS) is 23.4. The topological polar surface area (TPSA) is 75.9 Å². The molecule has 0 spiro atoms. The van der Waals surface area contributed by atoms with E-state index in [-0.39, 0.29) is 17.8 Å². The summed E-state index contributed by atoms with van der Waals surface area (Å²) in [6.45, 7) is 4.43. The van der Waals surface area contributed by atoms with E-state index in [1.807, 2.05) is 0 Å². The summed E-state index contributed by atoms with van der Waals surface area (Å²) in [5, 5.41) is 3.23. The first kappa shape index (κ1) is 14.0. The second-order valence-electron chi connectivity index (χ2n) is 5.48. The Morgan fingerprint density at radius 3 is 2.79 bits per heavy atom. The van der Waals surface area contributed by atoms with Gasteiger partial charge >= 0.3 is 0 Å². The number of hydrogen-bond donors (Lipinski definition) is 3. The van der Waals surface area contributed by atoms with Crippen LogP contribution in [0.25, 0.3) is 0 Å². The van der Waals surface area contributed by atoms with Gasteiger partial charge in [0.2, 0.25) is 5.95 Å². The predicted octanol–water partition coefficient (Wildman–Crippen LogP) is 2.53. The van der Waals surface area contributed by atoms with Crippen molar-refractivity contribution in [2.24, 2.45) is 17.7 Å². The molecule has 0 bridgehead atoms. The lowest BCUT2D eigenvalue weighted by atomic mass is 9.78. The van der Waals surface area contributed by atoms with E-state index in [0.717, 1.165) is 12.6 Å². The molecule has 1 saturated carbocycles. The Morgan fingerprint density at radius 1 is 1.37 bits per heavy atom. The lowest BCUT2D eigenvalue weighted by Gasteiger charge is -2.35. The fourth-order valence-electron chi connectivity index (χ4n) is 2.85. The number of aromatic nitrogens is 2. The van der Waals surface area contributed by atoms with Gasteiger partial charge in [-0.15, -0.1) is 0 Å². The smallest absolute Gasteiger partial charge is 0.239 e. The number of anilines is 2. The summed E-state index contributed by atoms with van der Waals surface area (Å²) < 4.78 is 13.7. The standard InChI is InChI=1S/C13H22FN5/c1-8(2)9-5-3-4-6-11(9)17-12-10(14)7-16-13(18-12)19-15/h7-9,11H,3-6,15H2,1-2H3,(H2,16,17,18,19). The van der Waals surface area contributed by atoms with Crippen LogP contribution in [-0.2, 0) is 0 Å². The zero-order chi connectivity index (χ0) is 13.8. The predicted molar refractivity (Wildman–Crippen MR) is 74.0 cm³/mol. The number of nitrogens with zero attached hydrogens (tertiary/aromatic N) is 2. The Hall–Kier alpha value is -1.43. The Kier molecular flexibility index (Phi) is 4.52. The largest absolute Gasteiger partial charge is 0.364 e. The van der Waals surface area contributed by atoms with Crippen LogP contribution in [0.2, 0.25) is 0 Å². The highest BCUT2D eigenvalue weighted by atomic mass is 19.1. The van der Waals surface area contributed by atoms with E-state index in [1.54, 1.807) is 0 Å². The third kappa shape index (κ3) is 3.32. The molecule has 19 heavy (non-hydrogen) atoms.